The number of hydrogen-bond acceptors (Lipinski definition) is 4. The molecule has 4 rings (SSSR count). The summed E-state index contributed by atoms with van der Waals surface area (Å²) in [6.07, 6.45) is 5.53. The molecule has 6 nitrogen and oxygen atoms in total. The number of aromatic amines is 1. The Labute approximate surface area is 153 Å². The number of aliphatic hydroxyl groups is 1. The van der Waals surface area contributed by atoms with E-state index in [1.165, 1.54) is 0 Å². The first-order chi connectivity index (χ1) is 12.7. The van der Waals surface area contributed by atoms with Crippen molar-refractivity contribution < 1.29 is 5.11 Å². The van der Waals surface area contributed by atoms with Gasteiger partial charge < -0.3 is 14.7 Å². The Kier molecular flexibility index (Phi) is 4.86. The number of H-pyrrole nitrogens is 1. The SMILES string of the molecule is Cc1cnc(-c2c(-c3ccccc3)ncn2CCN2CCCC(O)C2)[nH]1. The number of aliphatic hydroxyl groups excluding tert-OH is 1. The molecule has 0 amide bonds. The summed E-state index contributed by atoms with van der Waals surface area (Å²) in [6.45, 7) is 5.53. The Morgan fingerprint density at radius 2 is 2.04 bits per heavy atom. The Bertz CT molecular complexity index is 854. The van der Waals surface area contributed by atoms with Crippen molar-refractivity contribution in [3.05, 3.63) is 48.5 Å². The average Bonchev–Trinajstić information content (AvgIpc) is 3.26. The van der Waals surface area contributed by atoms with Crippen LogP contribution in [0.25, 0.3) is 22.8 Å². The van der Waals surface area contributed by atoms with Gasteiger partial charge in [0.1, 0.15) is 5.69 Å². The zero-order valence-electron chi connectivity index (χ0n) is 15.1. The fourth-order valence-electron chi connectivity index (χ4n) is 3.62. The lowest BCUT2D eigenvalue weighted by atomic mass is 10.1. The molecule has 0 saturated carbocycles. The van der Waals surface area contributed by atoms with Gasteiger partial charge >= 0.3 is 0 Å². The molecule has 0 aliphatic carbocycles. The van der Waals surface area contributed by atoms with Gasteiger partial charge in [0.2, 0.25) is 0 Å². The van der Waals surface area contributed by atoms with E-state index in [2.05, 4.69) is 36.6 Å². The average molecular weight is 351 g/mol. The standard InChI is InChI=1S/C20H25N5O/c1-15-12-21-20(23-15)19-18(16-6-3-2-4-7-16)22-14-25(19)11-10-24-9-5-8-17(26)13-24/h2-4,6-7,12,14,17,26H,5,8-11,13H2,1H3,(H,21,23). The summed E-state index contributed by atoms with van der Waals surface area (Å²) < 4.78 is 2.17. The summed E-state index contributed by atoms with van der Waals surface area (Å²) in [4.78, 5) is 14.9. The summed E-state index contributed by atoms with van der Waals surface area (Å²) in [5.74, 6) is 0.845. The Hall–Kier alpha value is -2.44. The molecule has 6 heteroatoms. The summed E-state index contributed by atoms with van der Waals surface area (Å²) in [5, 5.41) is 9.89. The van der Waals surface area contributed by atoms with E-state index in [4.69, 9.17) is 0 Å². The molecule has 1 atom stereocenters. The first-order valence-electron chi connectivity index (χ1n) is 9.23. The molecule has 1 fully saturated rings. The van der Waals surface area contributed by atoms with E-state index in [0.29, 0.717) is 0 Å². The van der Waals surface area contributed by atoms with Crippen LogP contribution in [0.5, 0.6) is 0 Å². The van der Waals surface area contributed by atoms with Crippen LogP contribution in [0, 0.1) is 6.92 Å². The van der Waals surface area contributed by atoms with Gasteiger partial charge in [-0.25, -0.2) is 9.97 Å². The van der Waals surface area contributed by atoms with E-state index in [1.807, 2.05) is 37.6 Å². The number of likely N-dealkylation sites (tertiary alicyclic amines) is 1. The van der Waals surface area contributed by atoms with Gasteiger partial charge in [0.05, 0.1) is 18.1 Å². The third-order valence-electron chi connectivity index (χ3n) is 4.95. The summed E-state index contributed by atoms with van der Waals surface area (Å²) in [5.41, 5.74) is 4.08. The minimum atomic E-state index is -0.196. The number of β-amino-alcohol motifs (C(OH)–C–C–N with tert-alkyl or cyclic N) is 1. The van der Waals surface area contributed by atoms with Crippen LogP contribution in [0.4, 0.5) is 0 Å². The molecule has 3 aromatic rings. The molecule has 0 radical (unpaired) electrons. The van der Waals surface area contributed by atoms with Crippen LogP contribution in [-0.4, -0.2) is 55.3 Å². The first-order valence-corrected chi connectivity index (χ1v) is 9.23. The van der Waals surface area contributed by atoms with Crippen molar-refractivity contribution in [2.45, 2.75) is 32.4 Å². The molecule has 2 aromatic heterocycles. The number of aromatic nitrogens is 4. The second-order valence-electron chi connectivity index (χ2n) is 7.01. The smallest absolute Gasteiger partial charge is 0.156 e. The predicted octanol–water partition coefficient (Wildman–Crippen LogP) is 2.71. The van der Waals surface area contributed by atoms with Crippen LogP contribution in [-0.2, 0) is 6.54 Å². The second kappa shape index (κ2) is 7.43. The van der Waals surface area contributed by atoms with Gasteiger partial charge in [-0.1, -0.05) is 30.3 Å². The third kappa shape index (κ3) is 3.57. The van der Waals surface area contributed by atoms with Crippen LogP contribution >= 0.6 is 0 Å². The fraction of sp³-hybridized carbons (Fsp3) is 0.400. The molecule has 2 N–H and O–H groups in total. The van der Waals surface area contributed by atoms with Crippen molar-refractivity contribution >= 4 is 0 Å². The Morgan fingerprint density at radius 3 is 2.77 bits per heavy atom. The molecule has 1 aromatic carbocycles. The van der Waals surface area contributed by atoms with Gasteiger partial charge in [-0.3, -0.25) is 4.90 Å². The lowest BCUT2D eigenvalue weighted by molar-refractivity contribution is 0.0690. The molecular weight excluding hydrogens is 326 g/mol. The molecule has 1 aliphatic rings. The lowest BCUT2D eigenvalue weighted by Crippen LogP contribution is -2.39. The molecule has 1 aliphatic heterocycles. The molecule has 0 spiro atoms. The highest BCUT2D eigenvalue weighted by molar-refractivity contribution is 5.75. The summed E-state index contributed by atoms with van der Waals surface area (Å²) in [6, 6.07) is 10.2. The van der Waals surface area contributed by atoms with Crippen molar-refractivity contribution in [1.82, 2.24) is 24.4 Å². The topological polar surface area (TPSA) is 70.0 Å². The van der Waals surface area contributed by atoms with E-state index < -0.39 is 0 Å². The third-order valence-corrected chi connectivity index (χ3v) is 4.95. The van der Waals surface area contributed by atoms with Crippen LogP contribution in [0.3, 0.4) is 0 Å². The van der Waals surface area contributed by atoms with E-state index in [-0.39, 0.29) is 6.10 Å². The monoisotopic (exact) mass is 351 g/mol. The predicted molar refractivity (Wildman–Crippen MR) is 102 cm³/mol. The van der Waals surface area contributed by atoms with Gasteiger partial charge in [0.15, 0.2) is 5.82 Å². The van der Waals surface area contributed by atoms with Gasteiger partial charge in [0, 0.05) is 37.1 Å². The lowest BCUT2D eigenvalue weighted by Gasteiger charge is -2.30. The molecular formula is C20H25N5O. The van der Waals surface area contributed by atoms with Crippen LogP contribution < -0.4 is 0 Å². The number of hydrogen-bond donors (Lipinski definition) is 2. The fourth-order valence-corrected chi connectivity index (χ4v) is 3.62. The number of nitrogens with one attached hydrogen (secondary N) is 1. The van der Waals surface area contributed by atoms with Crippen molar-refractivity contribution in [3.8, 4) is 22.8 Å². The number of aryl methyl sites for hydroxylation is 1. The Morgan fingerprint density at radius 1 is 1.19 bits per heavy atom. The van der Waals surface area contributed by atoms with Crippen molar-refractivity contribution in [2.75, 3.05) is 19.6 Å². The van der Waals surface area contributed by atoms with Crippen molar-refractivity contribution in [1.29, 1.82) is 0 Å². The normalized spacial score (nSPS) is 18.3. The maximum atomic E-state index is 9.89. The largest absolute Gasteiger partial charge is 0.392 e. The number of rotatable bonds is 5. The highest BCUT2D eigenvalue weighted by Gasteiger charge is 2.20. The minimum Gasteiger partial charge on any atom is -0.392 e. The maximum Gasteiger partial charge on any atom is 0.156 e. The highest BCUT2D eigenvalue weighted by Crippen LogP contribution is 2.29. The van der Waals surface area contributed by atoms with E-state index in [1.54, 1.807) is 0 Å². The Balaban J connectivity index is 1.63. The van der Waals surface area contributed by atoms with Gasteiger partial charge in [-0.2, -0.15) is 0 Å². The van der Waals surface area contributed by atoms with Crippen LogP contribution in [0.15, 0.2) is 42.9 Å². The molecule has 136 valence electrons. The van der Waals surface area contributed by atoms with E-state index >= 15 is 0 Å². The number of benzene rings is 1. The zero-order chi connectivity index (χ0) is 17.9. The molecule has 1 saturated heterocycles. The molecule has 0 bridgehead atoms. The highest BCUT2D eigenvalue weighted by atomic mass is 16.3. The van der Waals surface area contributed by atoms with Gasteiger partial charge in [-0.05, 0) is 26.3 Å². The van der Waals surface area contributed by atoms with E-state index in [0.717, 1.165) is 67.5 Å². The minimum absolute atomic E-state index is 0.196. The first kappa shape index (κ1) is 17.0. The number of nitrogens with zero attached hydrogens (tertiary/aromatic N) is 4. The molecule has 3 heterocycles. The zero-order valence-corrected chi connectivity index (χ0v) is 15.1. The summed E-state index contributed by atoms with van der Waals surface area (Å²) in [7, 11) is 0. The number of piperidine rings is 1. The van der Waals surface area contributed by atoms with Crippen LogP contribution in [0.1, 0.15) is 18.5 Å². The second-order valence-corrected chi connectivity index (χ2v) is 7.01. The molecule has 26 heavy (non-hydrogen) atoms. The summed E-state index contributed by atoms with van der Waals surface area (Å²) >= 11 is 0. The van der Waals surface area contributed by atoms with E-state index in [9.17, 15) is 5.11 Å². The van der Waals surface area contributed by atoms with Crippen LogP contribution in [0.2, 0.25) is 0 Å². The van der Waals surface area contributed by atoms with Gasteiger partial charge in [0.25, 0.3) is 0 Å². The van der Waals surface area contributed by atoms with Gasteiger partial charge in [-0.15, -0.1) is 0 Å². The maximum absolute atomic E-state index is 9.89. The van der Waals surface area contributed by atoms with Crippen molar-refractivity contribution in [3.63, 3.8) is 0 Å². The number of imidazole rings is 2. The van der Waals surface area contributed by atoms with Crippen molar-refractivity contribution in [2.24, 2.45) is 0 Å². The quantitative estimate of drug-likeness (QED) is 0.741. The molecule has 1 unspecified atom stereocenters.